The van der Waals surface area contributed by atoms with E-state index in [1.54, 1.807) is 0 Å². The summed E-state index contributed by atoms with van der Waals surface area (Å²) >= 11 is 4.39. The third-order valence-corrected chi connectivity index (χ3v) is 5.15. The molecule has 0 fully saturated rings. The molecule has 1 atom stereocenters. The zero-order valence-corrected chi connectivity index (χ0v) is 11.6. The standard InChI is InChI=1S/C13H8ClNO4S/c14-10-2-3-11(15(17)18)13-9(10)6-7-5-8(16)1-4-12(7)20(13)19/h1-5,16H,6H2. The quantitative estimate of drug-likeness (QED) is 0.498. The first-order chi connectivity index (χ1) is 9.49. The largest absolute Gasteiger partial charge is 0.606 e. The Kier molecular flexibility index (Phi) is 3.08. The molecule has 0 aromatic heterocycles. The molecular formula is C13H8ClNO4S. The Hall–Kier alpha value is -1.76. The summed E-state index contributed by atoms with van der Waals surface area (Å²) in [5, 5.41) is 20.9. The summed E-state index contributed by atoms with van der Waals surface area (Å²) in [5.41, 5.74) is 0.956. The smallest absolute Gasteiger partial charge is 0.324 e. The van der Waals surface area contributed by atoms with Crippen molar-refractivity contribution in [3.63, 3.8) is 0 Å². The Morgan fingerprint density at radius 1 is 1.30 bits per heavy atom. The molecular weight excluding hydrogens is 302 g/mol. The molecule has 2 aromatic carbocycles. The Morgan fingerprint density at radius 2 is 2.05 bits per heavy atom. The predicted octanol–water partition coefficient (Wildman–Crippen LogP) is 3.02. The first kappa shape index (κ1) is 13.2. The number of phenolic OH excluding ortho intramolecular Hbond substituents is 1. The number of halogens is 1. The first-order valence-electron chi connectivity index (χ1n) is 5.68. The van der Waals surface area contributed by atoms with E-state index >= 15 is 0 Å². The van der Waals surface area contributed by atoms with Crippen molar-refractivity contribution >= 4 is 28.5 Å². The highest BCUT2D eigenvalue weighted by Gasteiger charge is 2.37. The van der Waals surface area contributed by atoms with Crippen molar-refractivity contribution < 1.29 is 14.6 Å². The van der Waals surface area contributed by atoms with E-state index in [4.69, 9.17) is 11.6 Å². The van der Waals surface area contributed by atoms with E-state index in [2.05, 4.69) is 0 Å². The molecule has 1 aliphatic rings. The minimum absolute atomic E-state index is 0.0609. The lowest BCUT2D eigenvalue weighted by Crippen LogP contribution is -2.17. The minimum atomic E-state index is -1.68. The lowest BCUT2D eigenvalue weighted by Gasteiger charge is -2.22. The van der Waals surface area contributed by atoms with Crippen LogP contribution in [-0.4, -0.2) is 14.6 Å². The number of hydrogen-bond acceptors (Lipinski definition) is 4. The maximum atomic E-state index is 12.6. The van der Waals surface area contributed by atoms with E-state index < -0.39 is 16.1 Å². The van der Waals surface area contributed by atoms with Gasteiger partial charge in [-0.3, -0.25) is 10.1 Å². The van der Waals surface area contributed by atoms with Gasteiger partial charge in [0.05, 0.1) is 4.92 Å². The van der Waals surface area contributed by atoms with Crippen molar-refractivity contribution in [1.82, 2.24) is 0 Å². The second kappa shape index (κ2) is 4.66. The molecule has 1 aliphatic heterocycles. The van der Waals surface area contributed by atoms with Crippen molar-refractivity contribution in [3.8, 4) is 5.75 Å². The molecule has 5 nitrogen and oxygen atoms in total. The molecule has 20 heavy (non-hydrogen) atoms. The Morgan fingerprint density at radius 3 is 2.75 bits per heavy atom. The van der Waals surface area contributed by atoms with Crippen molar-refractivity contribution in [3.05, 3.63) is 56.6 Å². The van der Waals surface area contributed by atoms with Crippen molar-refractivity contribution in [1.29, 1.82) is 0 Å². The second-order valence-electron chi connectivity index (χ2n) is 4.37. The van der Waals surface area contributed by atoms with Crippen LogP contribution in [0.2, 0.25) is 5.02 Å². The van der Waals surface area contributed by atoms with Gasteiger partial charge in [0.1, 0.15) is 5.75 Å². The summed E-state index contributed by atoms with van der Waals surface area (Å²) in [6.45, 7) is 0. The maximum absolute atomic E-state index is 12.6. The normalized spacial score (nSPS) is 16.4. The van der Waals surface area contributed by atoms with Gasteiger partial charge in [-0.25, -0.2) is 0 Å². The van der Waals surface area contributed by atoms with Crippen molar-refractivity contribution in [2.45, 2.75) is 16.2 Å². The van der Waals surface area contributed by atoms with Gasteiger partial charge in [0.2, 0.25) is 4.90 Å². The molecule has 0 amide bonds. The van der Waals surface area contributed by atoms with Crippen LogP contribution in [-0.2, 0) is 17.6 Å². The topological polar surface area (TPSA) is 86.4 Å². The summed E-state index contributed by atoms with van der Waals surface area (Å²) in [6, 6.07) is 7.14. The van der Waals surface area contributed by atoms with Crippen LogP contribution in [0, 0.1) is 10.1 Å². The summed E-state index contributed by atoms with van der Waals surface area (Å²) in [7, 11) is 0. The van der Waals surface area contributed by atoms with Gasteiger partial charge in [-0.15, -0.1) is 0 Å². The SMILES string of the molecule is O=[N+]([O-])c1ccc(Cl)c2c1[S+]([O-])c1ccc(O)cc1C2. The Bertz CT molecular complexity index is 735. The molecule has 0 radical (unpaired) electrons. The molecule has 2 aromatic rings. The van der Waals surface area contributed by atoms with E-state index in [1.807, 2.05) is 0 Å². The molecule has 102 valence electrons. The molecule has 0 saturated heterocycles. The summed E-state index contributed by atoms with van der Waals surface area (Å²) in [5.74, 6) is 0.0609. The zero-order chi connectivity index (χ0) is 14.4. The number of nitrogens with zero attached hydrogens (tertiary/aromatic N) is 1. The van der Waals surface area contributed by atoms with E-state index in [-0.39, 0.29) is 16.3 Å². The number of aromatic hydroxyl groups is 1. The van der Waals surface area contributed by atoms with Crippen LogP contribution in [0.5, 0.6) is 5.75 Å². The van der Waals surface area contributed by atoms with E-state index in [0.717, 1.165) is 0 Å². The Balaban J connectivity index is 2.26. The van der Waals surface area contributed by atoms with Crippen LogP contribution in [0.4, 0.5) is 5.69 Å². The predicted molar refractivity (Wildman–Crippen MR) is 73.7 cm³/mol. The lowest BCUT2D eigenvalue weighted by molar-refractivity contribution is -0.387. The van der Waals surface area contributed by atoms with Crippen LogP contribution >= 0.6 is 11.6 Å². The van der Waals surface area contributed by atoms with Crippen LogP contribution in [0.25, 0.3) is 0 Å². The monoisotopic (exact) mass is 309 g/mol. The molecule has 0 saturated carbocycles. The number of fused-ring (bicyclic) bond motifs is 2. The number of nitro benzene ring substituents is 1. The molecule has 1 heterocycles. The van der Waals surface area contributed by atoms with Gasteiger partial charge in [0.15, 0.2) is 4.90 Å². The van der Waals surface area contributed by atoms with Crippen LogP contribution in [0.15, 0.2) is 40.1 Å². The average molecular weight is 310 g/mol. The summed E-state index contributed by atoms with van der Waals surface area (Å²) in [4.78, 5) is 11.2. The molecule has 0 spiro atoms. The van der Waals surface area contributed by atoms with Gasteiger partial charge < -0.3 is 9.66 Å². The zero-order valence-electron chi connectivity index (χ0n) is 10.00. The average Bonchev–Trinajstić information content (AvgIpc) is 2.39. The molecule has 1 N–H and O–H groups in total. The Labute approximate surface area is 122 Å². The number of hydrogen-bond donors (Lipinski definition) is 1. The van der Waals surface area contributed by atoms with Gasteiger partial charge in [-0.2, -0.15) is 0 Å². The maximum Gasteiger partial charge on any atom is 0.324 e. The third-order valence-electron chi connectivity index (χ3n) is 3.18. The van der Waals surface area contributed by atoms with Gasteiger partial charge >= 0.3 is 5.69 Å². The highest BCUT2D eigenvalue weighted by atomic mass is 35.5. The summed E-state index contributed by atoms with van der Waals surface area (Å²) in [6.07, 6.45) is 0.311. The van der Waals surface area contributed by atoms with Gasteiger partial charge in [0.25, 0.3) is 0 Å². The third kappa shape index (κ3) is 1.93. The fourth-order valence-corrected chi connectivity index (χ4v) is 4.09. The fourth-order valence-electron chi connectivity index (χ4n) is 2.29. The van der Waals surface area contributed by atoms with Crippen LogP contribution < -0.4 is 0 Å². The molecule has 0 aliphatic carbocycles. The van der Waals surface area contributed by atoms with Crippen LogP contribution in [0.3, 0.4) is 0 Å². The van der Waals surface area contributed by atoms with Gasteiger partial charge in [-0.05, 0) is 24.3 Å². The van der Waals surface area contributed by atoms with E-state index in [0.29, 0.717) is 27.5 Å². The molecule has 7 heteroatoms. The van der Waals surface area contributed by atoms with Crippen LogP contribution in [0.1, 0.15) is 11.1 Å². The number of rotatable bonds is 1. The van der Waals surface area contributed by atoms with Gasteiger partial charge in [-0.1, -0.05) is 11.6 Å². The summed E-state index contributed by atoms with van der Waals surface area (Å²) < 4.78 is 12.6. The second-order valence-corrected chi connectivity index (χ2v) is 6.16. The van der Waals surface area contributed by atoms with Crippen molar-refractivity contribution in [2.24, 2.45) is 0 Å². The highest BCUT2D eigenvalue weighted by molar-refractivity contribution is 7.91. The molecule has 0 bridgehead atoms. The lowest BCUT2D eigenvalue weighted by atomic mass is 10.0. The molecule has 3 rings (SSSR count). The highest BCUT2D eigenvalue weighted by Crippen LogP contribution is 2.43. The van der Waals surface area contributed by atoms with E-state index in [9.17, 15) is 19.8 Å². The number of phenols is 1. The minimum Gasteiger partial charge on any atom is -0.606 e. The van der Waals surface area contributed by atoms with Crippen molar-refractivity contribution in [2.75, 3.05) is 0 Å². The molecule has 1 unspecified atom stereocenters. The number of nitro groups is 1. The van der Waals surface area contributed by atoms with Gasteiger partial charge in [0, 0.05) is 39.8 Å². The first-order valence-corrected chi connectivity index (χ1v) is 7.21. The van der Waals surface area contributed by atoms with E-state index in [1.165, 1.54) is 30.3 Å². The number of benzene rings is 2. The fraction of sp³-hybridized carbons (Fsp3) is 0.0769.